The highest BCUT2D eigenvalue weighted by Gasteiger charge is 2.38. The number of carbonyl (C=O) groups excluding carboxylic acids is 1. The lowest BCUT2D eigenvalue weighted by molar-refractivity contribution is -0.136. The molecule has 3 atom stereocenters. The van der Waals surface area contributed by atoms with Crippen molar-refractivity contribution in [2.45, 2.75) is 53.2 Å². The zero-order valence-electron chi connectivity index (χ0n) is 12.4. The van der Waals surface area contributed by atoms with E-state index in [1.165, 1.54) is 0 Å². The monoisotopic (exact) mass is 303 g/mol. The van der Waals surface area contributed by atoms with Gasteiger partial charge >= 0.3 is 0 Å². The van der Waals surface area contributed by atoms with Gasteiger partial charge in [0, 0.05) is 11.8 Å². The van der Waals surface area contributed by atoms with Crippen LogP contribution >= 0.6 is 24.0 Å². The van der Waals surface area contributed by atoms with Crippen LogP contribution in [0.3, 0.4) is 0 Å². The highest BCUT2D eigenvalue weighted by atomic mass is 32.2. The number of nitrogens with zero attached hydrogens (tertiary/aromatic N) is 1. The summed E-state index contributed by atoms with van der Waals surface area (Å²) in [5.41, 5.74) is 0. The van der Waals surface area contributed by atoms with Crippen molar-refractivity contribution < 1.29 is 9.90 Å². The molecule has 110 valence electrons. The van der Waals surface area contributed by atoms with Crippen molar-refractivity contribution in [1.29, 1.82) is 0 Å². The van der Waals surface area contributed by atoms with Crippen LogP contribution in [0.15, 0.2) is 0 Å². The first-order valence-electron chi connectivity index (χ1n) is 6.93. The lowest BCUT2D eigenvalue weighted by atomic mass is 9.93. The fourth-order valence-corrected chi connectivity index (χ4v) is 3.83. The van der Waals surface area contributed by atoms with Crippen molar-refractivity contribution in [3.05, 3.63) is 0 Å². The van der Waals surface area contributed by atoms with Crippen LogP contribution in [0.25, 0.3) is 0 Å². The summed E-state index contributed by atoms with van der Waals surface area (Å²) < 4.78 is 0.665. The molecule has 0 saturated carbocycles. The van der Waals surface area contributed by atoms with Crippen LogP contribution in [-0.4, -0.2) is 38.1 Å². The van der Waals surface area contributed by atoms with Gasteiger partial charge in [0.1, 0.15) is 4.32 Å². The number of rotatable bonds is 5. The zero-order valence-corrected chi connectivity index (χ0v) is 14.1. The fourth-order valence-electron chi connectivity index (χ4n) is 2.39. The number of aliphatic hydroxyl groups excluding tert-OH is 1. The molecule has 0 spiro atoms. The molecule has 3 nitrogen and oxygen atoms in total. The Morgan fingerprint density at radius 1 is 1.42 bits per heavy atom. The number of thioether (sulfide) groups is 1. The zero-order chi connectivity index (χ0) is 14.7. The van der Waals surface area contributed by atoms with E-state index in [-0.39, 0.29) is 17.9 Å². The van der Waals surface area contributed by atoms with Crippen LogP contribution in [0.5, 0.6) is 0 Å². The van der Waals surface area contributed by atoms with Gasteiger partial charge in [0.25, 0.3) is 0 Å². The second-order valence-corrected chi connectivity index (χ2v) is 7.75. The van der Waals surface area contributed by atoms with Gasteiger partial charge in [0.05, 0.1) is 12.0 Å². The minimum Gasteiger partial charge on any atom is -0.392 e. The summed E-state index contributed by atoms with van der Waals surface area (Å²) in [6.45, 7) is 9.96. The maximum Gasteiger partial charge on any atom is 0.233 e. The molecule has 1 heterocycles. The first kappa shape index (κ1) is 16.9. The topological polar surface area (TPSA) is 40.5 Å². The van der Waals surface area contributed by atoms with E-state index in [9.17, 15) is 9.90 Å². The minimum absolute atomic E-state index is 0.0261. The Balaban J connectivity index is 2.80. The number of thiocarbonyl (C=S) groups is 1. The molecule has 5 heteroatoms. The summed E-state index contributed by atoms with van der Waals surface area (Å²) in [5.74, 6) is 1.07. The third kappa shape index (κ3) is 4.17. The SMILES string of the molecule is CC(C)C[C@H]1CSC(=S)N1C(=O)[C@@H](C)[C@H](O)C(C)C. The van der Waals surface area contributed by atoms with Gasteiger partial charge in [0.15, 0.2) is 0 Å². The predicted molar refractivity (Wildman–Crippen MR) is 85.2 cm³/mol. The van der Waals surface area contributed by atoms with Crippen molar-refractivity contribution >= 4 is 34.2 Å². The molecule has 1 aliphatic rings. The molecule has 0 unspecified atom stereocenters. The maximum absolute atomic E-state index is 12.6. The number of aliphatic hydroxyl groups is 1. The molecule has 1 rings (SSSR count). The van der Waals surface area contributed by atoms with E-state index in [1.807, 2.05) is 13.8 Å². The lowest BCUT2D eigenvalue weighted by Crippen LogP contribution is -2.46. The van der Waals surface area contributed by atoms with Gasteiger partial charge in [-0.2, -0.15) is 0 Å². The molecule has 0 bridgehead atoms. The number of hydrogen-bond acceptors (Lipinski definition) is 4. The second-order valence-electron chi connectivity index (χ2n) is 6.09. The molecule has 1 amide bonds. The Morgan fingerprint density at radius 2 is 2.00 bits per heavy atom. The highest BCUT2D eigenvalue weighted by molar-refractivity contribution is 8.23. The van der Waals surface area contributed by atoms with E-state index >= 15 is 0 Å². The highest BCUT2D eigenvalue weighted by Crippen LogP contribution is 2.30. The van der Waals surface area contributed by atoms with Crippen molar-refractivity contribution in [3.63, 3.8) is 0 Å². The molecule has 0 aromatic rings. The number of amides is 1. The summed E-state index contributed by atoms with van der Waals surface area (Å²) in [5, 5.41) is 10.1. The fraction of sp³-hybridized carbons (Fsp3) is 0.857. The van der Waals surface area contributed by atoms with Crippen molar-refractivity contribution in [2.24, 2.45) is 17.8 Å². The Bertz CT molecular complexity index is 344. The van der Waals surface area contributed by atoms with Crippen molar-refractivity contribution in [1.82, 2.24) is 4.90 Å². The average molecular weight is 303 g/mol. The third-order valence-electron chi connectivity index (χ3n) is 3.53. The number of hydrogen-bond donors (Lipinski definition) is 1. The predicted octanol–water partition coefficient (Wildman–Crippen LogP) is 2.91. The summed E-state index contributed by atoms with van der Waals surface area (Å²) in [6.07, 6.45) is 0.351. The summed E-state index contributed by atoms with van der Waals surface area (Å²) in [6, 6.07) is 0.187. The van der Waals surface area contributed by atoms with Crippen molar-refractivity contribution in [3.8, 4) is 0 Å². The molecule has 1 aliphatic heterocycles. The first-order chi connectivity index (χ1) is 8.75. The molecule has 1 N–H and O–H groups in total. The van der Waals surface area contributed by atoms with E-state index in [1.54, 1.807) is 23.6 Å². The molecular weight excluding hydrogens is 278 g/mol. The maximum atomic E-state index is 12.6. The molecule has 1 saturated heterocycles. The van der Waals surface area contributed by atoms with Gasteiger partial charge in [-0.1, -0.05) is 58.6 Å². The van der Waals surface area contributed by atoms with E-state index in [0.29, 0.717) is 10.2 Å². The lowest BCUT2D eigenvalue weighted by Gasteiger charge is -2.30. The van der Waals surface area contributed by atoms with E-state index in [2.05, 4.69) is 13.8 Å². The summed E-state index contributed by atoms with van der Waals surface area (Å²) in [4.78, 5) is 14.3. The van der Waals surface area contributed by atoms with Gasteiger partial charge in [-0.25, -0.2) is 0 Å². The largest absolute Gasteiger partial charge is 0.392 e. The molecule has 0 aliphatic carbocycles. The molecule has 0 aromatic heterocycles. The van der Waals surface area contributed by atoms with Crippen LogP contribution in [0.1, 0.15) is 41.0 Å². The van der Waals surface area contributed by atoms with Crippen LogP contribution in [0.2, 0.25) is 0 Å². The Labute approximate surface area is 126 Å². The number of carbonyl (C=O) groups is 1. The molecule has 0 aromatic carbocycles. The Kier molecular flexibility index (Phi) is 6.27. The van der Waals surface area contributed by atoms with E-state index in [0.717, 1.165) is 12.2 Å². The van der Waals surface area contributed by atoms with Crippen LogP contribution in [0.4, 0.5) is 0 Å². The van der Waals surface area contributed by atoms with Gasteiger partial charge in [-0.05, 0) is 18.3 Å². The average Bonchev–Trinajstić information content (AvgIpc) is 2.66. The van der Waals surface area contributed by atoms with Gasteiger partial charge in [-0.15, -0.1) is 0 Å². The van der Waals surface area contributed by atoms with Crippen molar-refractivity contribution in [2.75, 3.05) is 5.75 Å². The quantitative estimate of drug-likeness (QED) is 0.793. The molecule has 19 heavy (non-hydrogen) atoms. The summed E-state index contributed by atoms with van der Waals surface area (Å²) in [7, 11) is 0. The standard InChI is InChI=1S/C14H25NO2S2/c1-8(2)6-11-7-19-14(18)15(11)13(17)10(5)12(16)9(3)4/h8-12,16H,6-7H2,1-5H3/t10-,11-,12+/m0/s1. The molecule has 1 fully saturated rings. The van der Waals surface area contributed by atoms with Crippen LogP contribution in [0, 0.1) is 17.8 Å². The minimum atomic E-state index is -0.611. The second kappa shape index (κ2) is 7.04. The van der Waals surface area contributed by atoms with Gasteiger partial charge in [0.2, 0.25) is 5.91 Å². The first-order valence-corrected chi connectivity index (χ1v) is 8.33. The van der Waals surface area contributed by atoms with Gasteiger partial charge in [-0.3, -0.25) is 9.69 Å². The van der Waals surface area contributed by atoms with E-state index in [4.69, 9.17) is 12.2 Å². The van der Waals surface area contributed by atoms with Crippen LogP contribution in [-0.2, 0) is 4.79 Å². The normalized spacial score (nSPS) is 23.3. The smallest absolute Gasteiger partial charge is 0.233 e. The third-order valence-corrected chi connectivity index (χ3v) is 5.07. The Hall–Kier alpha value is -0.130. The van der Waals surface area contributed by atoms with Crippen LogP contribution < -0.4 is 0 Å². The molecular formula is C14H25NO2S2. The van der Waals surface area contributed by atoms with Gasteiger partial charge < -0.3 is 5.11 Å². The Morgan fingerprint density at radius 3 is 2.47 bits per heavy atom. The van der Waals surface area contributed by atoms with E-state index < -0.39 is 12.0 Å². The summed E-state index contributed by atoms with van der Waals surface area (Å²) >= 11 is 6.88. The molecule has 0 radical (unpaired) electrons.